The molecule has 2 rings (SSSR count). The van der Waals surface area contributed by atoms with E-state index in [2.05, 4.69) is 4.74 Å². The SMILES string of the molecule is O=C(CCOCCOCCOCCOCCOCCOCCOCCOCCOCCOCCOC1CCCCO1)Oc1c(F)c(F)c(F)c(F)c1F. The van der Waals surface area contributed by atoms with Crippen LogP contribution in [0.25, 0.3) is 0 Å². The van der Waals surface area contributed by atoms with Gasteiger partial charge in [0.25, 0.3) is 0 Å². The average Bonchev–Trinajstić information content (AvgIpc) is 3.17. The molecule has 1 fully saturated rings. The Balaban J connectivity index is 1.20. The molecule has 1 aromatic carbocycles. The Hall–Kier alpha value is -2.14. The number of halogens is 5. The van der Waals surface area contributed by atoms with E-state index < -0.39 is 47.2 Å². The normalized spacial score (nSPS) is 14.6. The molecule has 1 atom stereocenters. The van der Waals surface area contributed by atoms with Crippen LogP contribution < -0.4 is 4.74 Å². The van der Waals surface area contributed by atoms with Crippen LogP contribution in [0.3, 0.4) is 0 Å². The molecule has 1 aromatic rings. The molecule has 0 radical (unpaired) electrons. The van der Waals surface area contributed by atoms with Crippen molar-refractivity contribution in [2.45, 2.75) is 32.0 Å². The quantitative estimate of drug-likeness (QED) is 0.0249. The number of carbonyl (C=O) groups excluding carboxylic acids is 1. The van der Waals surface area contributed by atoms with Crippen molar-refractivity contribution in [3.05, 3.63) is 29.1 Å². The number of rotatable bonds is 35. The van der Waals surface area contributed by atoms with Gasteiger partial charge >= 0.3 is 5.97 Å². The zero-order valence-electron chi connectivity index (χ0n) is 30.1. The molecule has 1 heterocycles. The number of ether oxygens (including phenoxy) is 13. The molecule has 1 unspecified atom stereocenters. The van der Waals surface area contributed by atoms with Crippen molar-refractivity contribution < 1.29 is 88.3 Å². The minimum Gasteiger partial charge on any atom is -0.420 e. The lowest BCUT2D eigenvalue weighted by Crippen LogP contribution is -2.24. The molecule has 1 saturated heterocycles. The van der Waals surface area contributed by atoms with Crippen LogP contribution in [-0.2, 0) is 61.6 Å². The summed E-state index contributed by atoms with van der Waals surface area (Å²) in [6.45, 7) is 8.65. The van der Waals surface area contributed by atoms with E-state index in [1.165, 1.54) is 0 Å². The van der Waals surface area contributed by atoms with Gasteiger partial charge in [0.05, 0.1) is 145 Å². The predicted molar refractivity (Wildman–Crippen MR) is 174 cm³/mol. The molecule has 14 nitrogen and oxygen atoms in total. The highest BCUT2D eigenvalue weighted by Gasteiger charge is 2.28. The molecule has 0 bridgehead atoms. The summed E-state index contributed by atoms with van der Waals surface area (Å²) in [5.41, 5.74) is 0. The van der Waals surface area contributed by atoms with Crippen LogP contribution in [-0.4, -0.2) is 158 Å². The lowest BCUT2D eigenvalue weighted by atomic mass is 10.2. The van der Waals surface area contributed by atoms with Crippen molar-refractivity contribution >= 4 is 5.97 Å². The van der Waals surface area contributed by atoms with Gasteiger partial charge in [-0.3, -0.25) is 4.79 Å². The summed E-state index contributed by atoms with van der Waals surface area (Å²) < 4.78 is 136. The average molecular weight is 781 g/mol. The van der Waals surface area contributed by atoms with E-state index in [0.717, 1.165) is 25.9 Å². The van der Waals surface area contributed by atoms with Gasteiger partial charge in [-0.25, -0.2) is 13.2 Å². The van der Waals surface area contributed by atoms with E-state index in [4.69, 9.17) is 56.8 Å². The molecular formula is C34H53F5O14. The van der Waals surface area contributed by atoms with Gasteiger partial charge in [0.15, 0.2) is 6.29 Å². The lowest BCUT2D eigenvalue weighted by Gasteiger charge is -2.22. The van der Waals surface area contributed by atoms with Gasteiger partial charge in [-0.15, -0.1) is 0 Å². The van der Waals surface area contributed by atoms with Crippen molar-refractivity contribution in [2.75, 3.05) is 145 Å². The molecule has 0 amide bonds. The van der Waals surface area contributed by atoms with Gasteiger partial charge in [0, 0.05) is 6.61 Å². The summed E-state index contributed by atoms with van der Waals surface area (Å²) in [6, 6.07) is 0. The minimum atomic E-state index is -2.35. The third-order valence-electron chi connectivity index (χ3n) is 6.85. The molecule has 0 N–H and O–H groups in total. The Morgan fingerprint density at radius 3 is 1.11 bits per heavy atom. The Bertz CT molecular complexity index is 1040. The van der Waals surface area contributed by atoms with E-state index in [-0.39, 0.29) is 32.7 Å². The Morgan fingerprint density at radius 2 is 0.774 bits per heavy atom. The summed E-state index contributed by atoms with van der Waals surface area (Å²) in [6.07, 6.45) is 2.62. The van der Waals surface area contributed by atoms with E-state index >= 15 is 0 Å². The van der Waals surface area contributed by atoms with Crippen LogP contribution in [0.4, 0.5) is 22.0 Å². The molecule has 308 valence electrons. The number of benzene rings is 1. The highest BCUT2D eigenvalue weighted by atomic mass is 19.2. The van der Waals surface area contributed by atoms with Crippen molar-refractivity contribution in [2.24, 2.45) is 0 Å². The van der Waals surface area contributed by atoms with Gasteiger partial charge < -0.3 is 61.6 Å². The van der Waals surface area contributed by atoms with Crippen LogP contribution in [0, 0.1) is 29.1 Å². The van der Waals surface area contributed by atoms with E-state index in [0.29, 0.717) is 112 Å². The molecule has 0 saturated carbocycles. The van der Waals surface area contributed by atoms with Crippen LogP contribution in [0.5, 0.6) is 5.75 Å². The summed E-state index contributed by atoms with van der Waals surface area (Å²) in [5.74, 6) is -14.1. The van der Waals surface area contributed by atoms with Crippen molar-refractivity contribution in [3.63, 3.8) is 0 Å². The number of carbonyl (C=O) groups is 1. The standard InChI is InChI=1S/C34H53F5O14/c35-29-30(36)32(38)34(33(39)31(29)37)53-27(40)4-6-41-7-8-42-9-10-43-11-12-44-13-14-45-15-16-46-17-18-47-19-20-48-21-22-49-23-24-50-25-26-52-28-3-1-2-5-51-28/h28H,1-26H2. The van der Waals surface area contributed by atoms with Crippen molar-refractivity contribution in [1.29, 1.82) is 0 Å². The largest absolute Gasteiger partial charge is 0.420 e. The monoisotopic (exact) mass is 780 g/mol. The second-order valence-corrected chi connectivity index (χ2v) is 10.9. The fraction of sp³-hybridized carbons (Fsp3) is 0.794. The fourth-order valence-electron chi connectivity index (χ4n) is 4.16. The van der Waals surface area contributed by atoms with Gasteiger partial charge in [-0.05, 0) is 19.3 Å². The predicted octanol–water partition coefficient (Wildman–Crippen LogP) is 3.39. The van der Waals surface area contributed by atoms with Gasteiger partial charge in [0.1, 0.15) is 0 Å². The highest BCUT2D eigenvalue weighted by molar-refractivity contribution is 5.72. The maximum Gasteiger partial charge on any atom is 0.313 e. The topological polar surface area (TPSA) is 137 Å². The van der Waals surface area contributed by atoms with Crippen LogP contribution in [0.2, 0.25) is 0 Å². The number of esters is 1. The van der Waals surface area contributed by atoms with Gasteiger partial charge in [-0.1, -0.05) is 0 Å². The lowest BCUT2D eigenvalue weighted by molar-refractivity contribution is -0.169. The third-order valence-corrected chi connectivity index (χ3v) is 6.85. The Kier molecular flexibility index (Phi) is 28.5. The second kappa shape index (κ2) is 32.1. The maximum atomic E-state index is 13.5. The molecule has 1 aliphatic heterocycles. The van der Waals surface area contributed by atoms with Crippen molar-refractivity contribution in [1.82, 2.24) is 0 Å². The zero-order chi connectivity index (χ0) is 38.2. The first-order valence-corrected chi connectivity index (χ1v) is 17.6. The second-order valence-electron chi connectivity index (χ2n) is 10.9. The molecule has 1 aliphatic rings. The Labute approximate surface area is 306 Å². The first-order chi connectivity index (χ1) is 25.9. The summed E-state index contributed by atoms with van der Waals surface area (Å²) >= 11 is 0. The smallest absolute Gasteiger partial charge is 0.313 e. The molecular weight excluding hydrogens is 727 g/mol. The third kappa shape index (κ3) is 23.4. The van der Waals surface area contributed by atoms with E-state index in [1.807, 2.05) is 0 Å². The number of hydrogen-bond donors (Lipinski definition) is 0. The van der Waals surface area contributed by atoms with E-state index in [1.54, 1.807) is 0 Å². The summed E-state index contributed by atoms with van der Waals surface area (Å²) in [5, 5.41) is 0. The highest BCUT2D eigenvalue weighted by Crippen LogP contribution is 2.29. The van der Waals surface area contributed by atoms with Crippen LogP contribution in [0.1, 0.15) is 25.7 Å². The van der Waals surface area contributed by atoms with Crippen molar-refractivity contribution in [3.8, 4) is 5.75 Å². The van der Waals surface area contributed by atoms with Gasteiger partial charge in [-0.2, -0.15) is 8.78 Å². The zero-order valence-corrected chi connectivity index (χ0v) is 30.1. The van der Waals surface area contributed by atoms with Gasteiger partial charge in [0.2, 0.25) is 34.8 Å². The maximum absolute atomic E-state index is 13.5. The van der Waals surface area contributed by atoms with Crippen LogP contribution >= 0.6 is 0 Å². The molecule has 0 aliphatic carbocycles. The fourth-order valence-corrected chi connectivity index (χ4v) is 4.16. The first-order valence-electron chi connectivity index (χ1n) is 17.6. The molecule has 0 spiro atoms. The molecule has 53 heavy (non-hydrogen) atoms. The van der Waals surface area contributed by atoms with Crippen LogP contribution in [0.15, 0.2) is 0 Å². The Morgan fingerprint density at radius 1 is 0.453 bits per heavy atom. The summed E-state index contributed by atoms with van der Waals surface area (Å²) in [4.78, 5) is 11.7. The molecule has 0 aromatic heterocycles. The first kappa shape index (κ1) is 47.0. The number of hydrogen-bond acceptors (Lipinski definition) is 14. The summed E-state index contributed by atoms with van der Waals surface area (Å²) in [7, 11) is 0. The van der Waals surface area contributed by atoms with E-state index in [9.17, 15) is 26.7 Å². The molecule has 19 heteroatoms. The minimum absolute atomic E-state index is 0.0802.